The van der Waals surface area contributed by atoms with Crippen molar-refractivity contribution in [2.75, 3.05) is 20.5 Å². The maximum Gasteiger partial charge on any atom is 0.328 e. The van der Waals surface area contributed by atoms with Gasteiger partial charge in [-0.05, 0) is 45.0 Å². The third-order valence-electron chi connectivity index (χ3n) is 2.94. The van der Waals surface area contributed by atoms with E-state index in [1.807, 2.05) is 0 Å². The van der Waals surface area contributed by atoms with E-state index in [1.165, 1.54) is 6.92 Å². The van der Waals surface area contributed by atoms with Crippen LogP contribution in [0.1, 0.15) is 20.7 Å². The highest BCUT2D eigenvalue weighted by Crippen LogP contribution is 2.29. The van der Waals surface area contributed by atoms with Crippen LogP contribution < -0.4 is 10.5 Å². The summed E-state index contributed by atoms with van der Waals surface area (Å²) < 4.78 is 49.9. The fourth-order valence-electron chi connectivity index (χ4n) is 1.94. The van der Waals surface area contributed by atoms with E-state index in [4.69, 9.17) is 18.7 Å². The maximum absolute atomic E-state index is 11.8. The molecule has 2 rings (SSSR count). The minimum absolute atomic E-state index is 0.142. The molecule has 3 N–H and O–H groups in total. The zero-order valence-corrected chi connectivity index (χ0v) is 11.1. The number of aromatic amines is 1. The molecular formula is C15H21N3O2. The minimum atomic E-state index is -2.75. The summed E-state index contributed by atoms with van der Waals surface area (Å²) in [5, 5.41) is 0.595. The Morgan fingerprint density at radius 2 is 2.35 bits per heavy atom. The summed E-state index contributed by atoms with van der Waals surface area (Å²) in [7, 11) is 0. The van der Waals surface area contributed by atoms with Crippen molar-refractivity contribution in [3.63, 3.8) is 0 Å². The molecule has 0 amide bonds. The molecule has 0 spiro atoms. The molecule has 0 saturated heterocycles. The zero-order valence-electron chi connectivity index (χ0n) is 17.1. The summed E-state index contributed by atoms with van der Waals surface area (Å²) in [6.07, 6.45) is 1.79. The van der Waals surface area contributed by atoms with E-state index < -0.39 is 26.0 Å². The van der Waals surface area contributed by atoms with E-state index in [-0.39, 0.29) is 18.7 Å². The summed E-state index contributed by atoms with van der Waals surface area (Å²) in [6, 6.07) is 4.27. The summed E-state index contributed by atoms with van der Waals surface area (Å²) in [5.41, 5.74) is 6.85. The average Bonchev–Trinajstić information content (AvgIpc) is 2.89. The Morgan fingerprint density at radius 1 is 1.55 bits per heavy atom. The highest BCUT2D eigenvalue weighted by atomic mass is 16.5. The zero-order chi connectivity index (χ0) is 19.7. The Labute approximate surface area is 127 Å². The molecule has 1 heterocycles. The Bertz CT molecular complexity index is 768. The van der Waals surface area contributed by atoms with Crippen LogP contribution in [0, 0.1) is 0 Å². The molecule has 5 heteroatoms. The number of H-pyrrole nitrogens is 1. The smallest absolute Gasteiger partial charge is 0.328 e. The van der Waals surface area contributed by atoms with Gasteiger partial charge >= 0.3 is 5.97 Å². The first-order valence-corrected chi connectivity index (χ1v) is 6.25. The summed E-state index contributed by atoms with van der Waals surface area (Å²) in [4.78, 5) is 15.3. The molecule has 0 aliphatic carbocycles. The quantitative estimate of drug-likeness (QED) is 0.644. The van der Waals surface area contributed by atoms with Gasteiger partial charge in [-0.2, -0.15) is 0 Å². The number of hydrogen-bond acceptors (Lipinski definition) is 4. The predicted molar refractivity (Wildman–Crippen MR) is 79.8 cm³/mol. The van der Waals surface area contributed by atoms with Gasteiger partial charge in [-0.1, -0.05) is 6.07 Å². The number of aromatic nitrogens is 1. The van der Waals surface area contributed by atoms with Gasteiger partial charge in [0.1, 0.15) is 11.8 Å². The first-order valence-electron chi connectivity index (χ1n) is 9.25. The number of benzene rings is 1. The number of nitrogens with zero attached hydrogens (tertiary/aromatic N) is 1. The molecular weight excluding hydrogens is 254 g/mol. The second-order valence-electron chi connectivity index (χ2n) is 4.60. The molecule has 108 valence electrons. The second-order valence-corrected chi connectivity index (χ2v) is 4.60. The highest BCUT2D eigenvalue weighted by Gasteiger charge is 2.15. The van der Waals surface area contributed by atoms with Crippen LogP contribution in [-0.2, 0) is 11.2 Å². The van der Waals surface area contributed by atoms with E-state index in [0.717, 1.165) is 0 Å². The van der Waals surface area contributed by atoms with Crippen LogP contribution in [0.2, 0.25) is 0 Å². The van der Waals surface area contributed by atoms with Gasteiger partial charge in [0.25, 0.3) is 0 Å². The van der Waals surface area contributed by atoms with E-state index in [1.54, 1.807) is 24.4 Å². The number of carbonyl (C=O) groups is 1. The average molecular weight is 281 g/mol. The van der Waals surface area contributed by atoms with Gasteiger partial charge in [-0.25, -0.2) is 4.79 Å². The van der Waals surface area contributed by atoms with Crippen molar-refractivity contribution in [1.82, 2.24) is 9.88 Å². The molecule has 0 fully saturated rings. The van der Waals surface area contributed by atoms with E-state index in [0.29, 0.717) is 21.4 Å². The van der Waals surface area contributed by atoms with Crippen molar-refractivity contribution in [1.29, 1.82) is 0 Å². The van der Waals surface area contributed by atoms with E-state index in [2.05, 4.69) is 4.98 Å². The Morgan fingerprint density at radius 3 is 3.05 bits per heavy atom. The number of likely N-dealkylation sites (N-methyl/N-ethyl adjacent to an activating group) is 1. The summed E-state index contributed by atoms with van der Waals surface area (Å²) in [5.74, 6) is -0.313. The van der Waals surface area contributed by atoms with Gasteiger partial charge in [-0.15, -0.1) is 0 Å². The molecule has 1 atom stereocenters. The molecule has 1 aromatic carbocycles. The summed E-state index contributed by atoms with van der Waals surface area (Å²) >= 11 is 0. The number of carbonyl (C=O) groups excluding carboxylic acids is 1. The molecule has 1 aromatic heterocycles. The lowest BCUT2D eigenvalue weighted by molar-refractivity contribution is -0.135. The third kappa shape index (κ3) is 3.18. The minimum Gasteiger partial charge on any atom is -0.425 e. The standard InChI is InChI=1S/C15H21N3O2/c1-10(16)15(19)20-13-6-4-5-12-14(13)11(9-17-12)7-8-18(2)3/h4-6,9-10,17H,7-8,16H2,1-3H3/t10-/m1/s1/i2D3,3D3. The van der Waals surface area contributed by atoms with E-state index in [9.17, 15) is 4.79 Å². The van der Waals surface area contributed by atoms with Crippen molar-refractivity contribution in [3.05, 3.63) is 30.0 Å². The first kappa shape index (κ1) is 8.44. The lowest BCUT2D eigenvalue weighted by atomic mass is 10.1. The van der Waals surface area contributed by atoms with Crippen molar-refractivity contribution >= 4 is 16.9 Å². The molecule has 0 aliphatic heterocycles. The topological polar surface area (TPSA) is 71.3 Å². The van der Waals surface area contributed by atoms with Crippen molar-refractivity contribution < 1.29 is 17.8 Å². The first-order chi connectivity index (χ1) is 11.9. The van der Waals surface area contributed by atoms with Gasteiger partial charge in [0.05, 0.1) is 0 Å². The fraction of sp³-hybridized carbons (Fsp3) is 0.400. The fourth-order valence-corrected chi connectivity index (χ4v) is 1.94. The highest BCUT2D eigenvalue weighted by molar-refractivity contribution is 5.92. The van der Waals surface area contributed by atoms with Gasteiger partial charge in [0.2, 0.25) is 0 Å². The van der Waals surface area contributed by atoms with Crippen LogP contribution in [0.15, 0.2) is 24.4 Å². The molecule has 0 saturated carbocycles. The van der Waals surface area contributed by atoms with Crippen LogP contribution in [0.5, 0.6) is 5.75 Å². The molecule has 5 nitrogen and oxygen atoms in total. The monoisotopic (exact) mass is 281 g/mol. The lowest BCUT2D eigenvalue weighted by Gasteiger charge is -2.11. The maximum atomic E-state index is 11.8. The normalized spacial score (nSPS) is 18.6. The Hall–Kier alpha value is -1.85. The van der Waals surface area contributed by atoms with Crippen LogP contribution in [0.3, 0.4) is 0 Å². The number of esters is 1. The van der Waals surface area contributed by atoms with Gasteiger partial charge < -0.3 is 20.4 Å². The molecule has 0 bridgehead atoms. The number of ether oxygens (including phenoxy) is 1. The number of rotatable bonds is 5. The van der Waals surface area contributed by atoms with Crippen LogP contribution in [0.4, 0.5) is 0 Å². The predicted octanol–water partition coefficient (Wildman–Crippen LogP) is 1.52. The SMILES string of the molecule is [2H]C([2H])([2H])N(CCc1c[nH]c2cccc(OC(=O)[C@@H](C)N)c12)C([2H])([2H])[2H]. The molecule has 20 heavy (non-hydrogen) atoms. The molecule has 0 radical (unpaired) electrons. The largest absolute Gasteiger partial charge is 0.425 e. The van der Waals surface area contributed by atoms with Gasteiger partial charge in [0, 0.05) is 31.9 Å². The number of hydrogen-bond donors (Lipinski definition) is 2. The second kappa shape index (κ2) is 6.07. The lowest BCUT2D eigenvalue weighted by Crippen LogP contribution is -2.30. The number of nitrogens with one attached hydrogen (secondary N) is 1. The molecule has 0 unspecified atom stereocenters. The Kier molecular flexibility index (Phi) is 2.56. The van der Waals surface area contributed by atoms with Crippen LogP contribution in [-0.4, -0.2) is 42.4 Å². The van der Waals surface area contributed by atoms with Crippen molar-refractivity contribution in [3.8, 4) is 5.75 Å². The molecule has 2 aromatic rings. The van der Waals surface area contributed by atoms with Crippen LogP contribution >= 0.6 is 0 Å². The van der Waals surface area contributed by atoms with Crippen molar-refractivity contribution in [2.45, 2.75) is 19.4 Å². The van der Waals surface area contributed by atoms with Gasteiger partial charge in [-0.3, -0.25) is 0 Å². The van der Waals surface area contributed by atoms with Crippen molar-refractivity contribution in [2.24, 2.45) is 5.73 Å². The molecule has 0 aliphatic rings. The third-order valence-corrected chi connectivity index (χ3v) is 2.94. The number of fused-ring (bicyclic) bond motifs is 1. The number of nitrogens with two attached hydrogens (primary N) is 1. The van der Waals surface area contributed by atoms with Gasteiger partial charge in [0.15, 0.2) is 0 Å². The van der Waals surface area contributed by atoms with Crippen LogP contribution in [0.25, 0.3) is 10.9 Å². The van der Waals surface area contributed by atoms with E-state index >= 15 is 0 Å². The Balaban J connectivity index is 2.31. The summed E-state index contributed by atoms with van der Waals surface area (Å²) in [6.45, 7) is -4.20.